The highest BCUT2D eigenvalue weighted by molar-refractivity contribution is 6.04. The van der Waals surface area contributed by atoms with Crippen molar-refractivity contribution in [3.05, 3.63) is 65.1 Å². The number of nitrogens with zero attached hydrogens (tertiary/aromatic N) is 2. The van der Waals surface area contributed by atoms with Crippen molar-refractivity contribution < 1.29 is 23.5 Å². The number of amides is 2. The van der Waals surface area contributed by atoms with Gasteiger partial charge in [-0.05, 0) is 57.4 Å². The lowest BCUT2D eigenvalue weighted by atomic mass is 9.93. The van der Waals surface area contributed by atoms with Crippen molar-refractivity contribution in [1.29, 1.82) is 0 Å². The number of ether oxygens (including phenoxy) is 2. The summed E-state index contributed by atoms with van der Waals surface area (Å²) in [5.41, 5.74) is 0.601. The van der Waals surface area contributed by atoms with Crippen LogP contribution < -0.4 is 20.1 Å². The number of anilines is 1. The highest BCUT2D eigenvalue weighted by Crippen LogP contribution is 2.43. The molecular formula is C26H27FN4O4. The molecule has 0 atom stereocenters. The van der Waals surface area contributed by atoms with Crippen molar-refractivity contribution in [2.75, 3.05) is 5.32 Å². The van der Waals surface area contributed by atoms with E-state index in [0.29, 0.717) is 29.3 Å². The summed E-state index contributed by atoms with van der Waals surface area (Å²) < 4.78 is 28.4. The van der Waals surface area contributed by atoms with E-state index in [2.05, 4.69) is 15.7 Å². The van der Waals surface area contributed by atoms with E-state index in [1.54, 1.807) is 42.2 Å². The molecule has 8 nitrogen and oxygen atoms in total. The molecule has 0 bridgehead atoms. The summed E-state index contributed by atoms with van der Waals surface area (Å²) in [5.74, 6) is 0.0934. The van der Waals surface area contributed by atoms with Crippen molar-refractivity contribution in [3.8, 4) is 17.2 Å². The SMILES string of the molecule is Cn1ccc(NC(=O)c2cc(Oc3ccc(C(=O)NC4CCC4)c(F)c3)c3c(c2)OC(C)(C)C3)n1. The van der Waals surface area contributed by atoms with Crippen LogP contribution in [0.3, 0.4) is 0 Å². The van der Waals surface area contributed by atoms with Gasteiger partial charge in [-0.3, -0.25) is 14.3 Å². The first kappa shape index (κ1) is 22.9. The molecule has 0 saturated heterocycles. The second kappa shape index (κ2) is 8.72. The quantitative estimate of drug-likeness (QED) is 0.540. The minimum absolute atomic E-state index is 0.0255. The van der Waals surface area contributed by atoms with Gasteiger partial charge in [0.1, 0.15) is 28.7 Å². The number of hydrogen-bond acceptors (Lipinski definition) is 5. The van der Waals surface area contributed by atoms with Gasteiger partial charge >= 0.3 is 0 Å². The summed E-state index contributed by atoms with van der Waals surface area (Å²) in [6.45, 7) is 3.89. The Morgan fingerprint density at radius 2 is 1.97 bits per heavy atom. The Kier molecular flexibility index (Phi) is 5.70. The van der Waals surface area contributed by atoms with E-state index in [4.69, 9.17) is 9.47 Å². The lowest BCUT2D eigenvalue weighted by Gasteiger charge is -2.26. The first-order chi connectivity index (χ1) is 16.7. The monoisotopic (exact) mass is 478 g/mol. The Labute approximate surface area is 202 Å². The van der Waals surface area contributed by atoms with E-state index in [-0.39, 0.29) is 23.3 Å². The molecule has 182 valence electrons. The number of aromatic nitrogens is 2. The number of benzene rings is 2. The number of fused-ring (bicyclic) bond motifs is 1. The minimum atomic E-state index is -0.670. The topological polar surface area (TPSA) is 94.5 Å². The average Bonchev–Trinajstić information content (AvgIpc) is 3.31. The zero-order chi connectivity index (χ0) is 24.7. The number of carbonyl (C=O) groups excluding carboxylic acids is 2. The summed E-state index contributed by atoms with van der Waals surface area (Å²) in [4.78, 5) is 25.3. The summed E-state index contributed by atoms with van der Waals surface area (Å²) in [7, 11) is 1.76. The molecular weight excluding hydrogens is 451 g/mol. The van der Waals surface area contributed by atoms with Gasteiger partial charge in [-0.2, -0.15) is 5.10 Å². The van der Waals surface area contributed by atoms with Crippen molar-refractivity contribution in [1.82, 2.24) is 15.1 Å². The normalized spacial score (nSPS) is 16.1. The Morgan fingerprint density at radius 1 is 1.17 bits per heavy atom. The molecule has 1 saturated carbocycles. The molecule has 1 aliphatic carbocycles. The molecule has 1 aliphatic heterocycles. The van der Waals surface area contributed by atoms with Gasteiger partial charge in [-0.25, -0.2) is 4.39 Å². The third-order valence-electron chi connectivity index (χ3n) is 6.23. The number of nitrogens with one attached hydrogen (secondary N) is 2. The van der Waals surface area contributed by atoms with Crippen molar-refractivity contribution in [2.24, 2.45) is 7.05 Å². The standard InChI is InChI=1S/C26H27FN4O4/c1-26(2)14-19-21(11-15(12-22(19)35-26)24(32)29-23-9-10-31(3)30-23)34-17-7-8-18(20(27)13-17)25(33)28-16-5-4-6-16/h7-13,16H,4-6,14H2,1-3H3,(H,28,33)(H,29,30,32). The molecule has 3 aromatic rings. The largest absolute Gasteiger partial charge is 0.487 e. The maximum Gasteiger partial charge on any atom is 0.257 e. The van der Waals surface area contributed by atoms with Gasteiger partial charge in [0.15, 0.2) is 5.82 Å². The molecule has 1 fully saturated rings. The maximum absolute atomic E-state index is 14.8. The summed E-state index contributed by atoms with van der Waals surface area (Å²) in [6.07, 6.45) is 5.20. The molecule has 2 amide bonds. The molecule has 2 N–H and O–H groups in total. The molecule has 35 heavy (non-hydrogen) atoms. The van der Waals surface area contributed by atoms with Crippen LogP contribution in [-0.4, -0.2) is 33.2 Å². The summed E-state index contributed by atoms with van der Waals surface area (Å²) in [5, 5.41) is 9.76. The number of halogens is 1. The van der Waals surface area contributed by atoms with Crippen LogP contribution in [0, 0.1) is 5.82 Å². The maximum atomic E-state index is 14.8. The molecule has 2 heterocycles. The van der Waals surface area contributed by atoms with Crippen LogP contribution in [0.2, 0.25) is 0 Å². The Hall–Kier alpha value is -3.88. The van der Waals surface area contributed by atoms with Crippen molar-refractivity contribution in [2.45, 2.75) is 51.2 Å². The van der Waals surface area contributed by atoms with Crippen LogP contribution in [0.15, 0.2) is 42.6 Å². The summed E-state index contributed by atoms with van der Waals surface area (Å²) >= 11 is 0. The molecule has 9 heteroatoms. The van der Waals surface area contributed by atoms with E-state index in [1.165, 1.54) is 12.1 Å². The molecule has 0 radical (unpaired) electrons. The highest BCUT2D eigenvalue weighted by atomic mass is 19.1. The van der Waals surface area contributed by atoms with Gasteiger partial charge in [-0.1, -0.05) is 0 Å². The molecule has 5 rings (SSSR count). The fraction of sp³-hybridized carbons (Fsp3) is 0.346. The van der Waals surface area contributed by atoms with Gasteiger partial charge in [0.2, 0.25) is 0 Å². The Bertz CT molecular complexity index is 1310. The van der Waals surface area contributed by atoms with Crippen molar-refractivity contribution in [3.63, 3.8) is 0 Å². The first-order valence-electron chi connectivity index (χ1n) is 11.6. The van der Waals surface area contributed by atoms with E-state index in [0.717, 1.165) is 24.8 Å². The number of rotatable bonds is 6. The molecule has 2 aromatic carbocycles. The average molecular weight is 479 g/mol. The summed E-state index contributed by atoms with van der Waals surface area (Å²) in [6, 6.07) is 9.23. The minimum Gasteiger partial charge on any atom is -0.487 e. The lowest BCUT2D eigenvalue weighted by Crippen LogP contribution is -2.39. The molecule has 2 aliphatic rings. The van der Waals surface area contributed by atoms with E-state index in [1.807, 2.05) is 13.8 Å². The van der Waals surface area contributed by atoms with Crippen LogP contribution in [0.5, 0.6) is 17.2 Å². The van der Waals surface area contributed by atoms with Crippen LogP contribution >= 0.6 is 0 Å². The molecule has 0 unspecified atom stereocenters. The first-order valence-corrected chi connectivity index (χ1v) is 11.6. The van der Waals surface area contributed by atoms with Gasteiger partial charge in [0.25, 0.3) is 11.8 Å². The Morgan fingerprint density at radius 3 is 2.63 bits per heavy atom. The molecule has 1 aromatic heterocycles. The fourth-order valence-electron chi connectivity index (χ4n) is 4.22. The van der Waals surface area contributed by atoms with Crippen LogP contribution in [0.4, 0.5) is 10.2 Å². The predicted octanol–water partition coefficient (Wildman–Crippen LogP) is 4.60. The van der Waals surface area contributed by atoms with E-state index < -0.39 is 17.3 Å². The van der Waals surface area contributed by atoms with E-state index >= 15 is 0 Å². The van der Waals surface area contributed by atoms with Gasteiger partial charge in [0.05, 0.1) is 5.56 Å². The van der Waals surface area contributed by atoms with Crippen LogP contribution in [0.1, 0.15) is 59.4 Å². The van der Waals surface area contributed by atoms with Gasteiger partial charge in [0, 0.05) is 49.0 Å². The van der Waals surface area contributed by atoms with Crippen molar-refractivity contribution >= 4 is 17.6 Å². The fourth-order valence-corrected chi connectivity index (χ4v) is 4.22. The van der Waals surface area contributed by atoms with E-state index in [9.17, 15) is 14.0 Å². The second-order valence-electron chi connectivity index (χ2n) is 9.66. The lowest BCUT2D eigenvalue weighted by molar-refractivity contribution is 0.0912. The number of carbonyl (C=O) groups is 2. The zero-order valence-corrected chi connectivity index (χ0v) is 19.9. The van der Waals surface area contributed by atoms with Gasteiger partial charge < -0.3 is 20.1 Å². The van der Waals surface area contributed by atoms with Crippen LogP contribution in [-0.2, 0) is 13.5 Å². The highest BCUT2D eigenvalue weighted by Gasteiger charge is 2.34. The second-order valence-corrected chi connectivity index (χ2v) is 9.66. The van der Waals surface area contributed by atoms with Crippen LogP contribution in [0.25, 0.3) is 0 Å². The van der Waals surface area contributed by atoms with Gasteiger partial charge in [-0.15, -0.1) is 0 Å². The number of aryl methyl sites for hydroxylation is 1. The number of hydrogen-bond donors (Lipinski definition) is 2. The smallest absolute Gasteiger partial charge is 0.257 e. The third-order valence-corrected chi connectivity index (χ3v) is 6.23. The Balaban J connectivity index is 1.41. The third kappa shape index (κ3) is 4.84. The zero-order valence-electron chi connectivity index (χ0n) is 19.9. The molecule has 0 spiro atoms. The predicted molar refractivity (Wildman–Crippen MR) is 128 cm³/mol.